The third kappa shape index (κ3) is 4.06. The first-order chi connectivity index (χ1) is 8.61. The minimum Gasteiger partial charge on any atom is -0.330 e. The molecular formula is C14H21Cl2FN2. The number of hydrogen-bond acceptors (Lipinski definition) is 2. The van der Waals surface area contributed by atoms with Gasteiger partial charge in [0.15, 0.2) is 0 Å². The Hall–Kier alpha value is -0.350. The first-order valence-corrected chi connectivity index (χ1v) is 6.88. The minimum absolute atomic E-state index is 0. The molecule has 0 aromatic heterocycles. The van der Waals surface area contributed by atoms with Gasteiger partial charge in [-0.25, -0.2) is 4.39 Å². The summed E-state index contributed by atoms with van der Waals surface area (Å²) in [6.07, 6.45) is 2.39. The monoisotopic (exact) mass is 306 g/mol. The fourth-order valence-electron chi connectivity index (χ4n) is 2.62. The molecule has 1 fully saturated rings. The molecular weight excluding hydrogens is 286 g/mol. The Bertz CT molecular complexity index is 414. The van der Waals surface area contributed by atoms with Crippen LogP contribution in [0.5, 0.6) is 0 Å². The average molecular weight is 307 g/mol. The molecule has 2 N–H and O–H groups in total. The second-order valence-electron chi connectivity index (χ2n) is 5.09. The fraction of sp³-hybridized carbons (Fsp3) is 0.571. The number of piperidine rings is 1. The van der Waals surface area contributed by atoms with Crippen molar-refractivity contribution in [1.82, 2.24) is 4.90 Å². The van der Waals surface area contributed by atoms with Gasteiger partial charge in [0.1, 0.15) is 5.82 Å². The number of rotatable bonds is 3. The van der Waals surface area contributed by atoms with Crippen molar-refractivity contribution in [3.05, 3.63) is 34.6 Å². The van der Waals surface area contributed by atoms with E-state index in [1.54, 1.807) is 6.07 Å². The Morgan fingerprint density at radius 2 is 2.26 bits per heavy atom. The van der Waals surface area contributed by atoms with Crippen LogP contribution in [-0.2, 0) is 0 Å². The summed E-state index contributed by atoms with van der Waals surface area (Å²) in [6.45, 7) is 4.98. The zero-order valence-electron chi connectivity index (χ0n) is 11.1. The van der Waals surface area contributed by atoms with Crippen molar-refractivity contribution in [2.75, 3.05) is 19.6 Å². The van der Waals surface area contributed by atoms with Crippen LogP contribution in [0, 0.1) is 11.7 Å². The van der Waals surface area contributed by atoms with Crippen LogP contribution in [0.2, 0.25) is 5.02 Å². The Balaban J connectivity index is 0.00000180. The molecule has 19 heavy (non-hydrogen) atoms. The normalized spacial score (nSPS) is 21.8. The highest BCUT2D eigenvalue weighted by molar-refractivity contribution is 6.30. The Morgan fingerprint density at radius 3 is 2.89 bits per heavy atom. The van der Waals surface area contributed by atoms with Crippen molar-refractivity contribution in [3.8, 4) is 0 Å². The van der Waals surface area contributed by atoms with Gasteiger partial charge in [-0.3, -0.25) is 4.90 Å². The minimum atomic E-state index is -0.355. The number of nitrogens with two attached hydrogens (primary N) is 1. The van der Waals surface area contributed by atoms with Crippen molar-refractivity contribution in [2.24, 2.45) is 11.7 Å². The van der Waals surface area contributed by atoms with Crippen LogP contribution < -0.4 is 5.73 Å². The fourth-order valence-corrected chi connectivity index (χ4v) is 2.81. The highest BCUT2D eigenvalue weighted by Crippen LogP contribution is 2.28. The largest absolute Gasteiger partial charge is 0.330 e. The predicted molar refractivity (Wildman–Crippen MR) is 80.4 cm³/mol. The smallest absolute Gasteiger partial charge is 0.141 e. The maximum absolute atomic E-state index is 13.2. The van der Waals surface area contributed by atoms with E-state index in [4.69, 9.17) is 17.3 Å². The highest BCUT2D eigenvalue weighted by atomic mass is 35.5. The average Bonchev–Trinajstić information content (AvgIpc) is 2.41. The molecule has 5 heteroatoms. The van der Waals surface area contributed by atoms with E-state index in [-0.39, 0.29) is 29.3 Å². The van der Waals surface area contributed by atoms with Gasteiger partial charge in [0.05, 0.1) is 5.02 Å². The number of likely N-dealkylation sites (tertiary alicyclic amines) is 1. The molecule has 2 rings (SSSR count). The molecule has 1 aliphatic rings. The van der Waals surface area contributed by atoms with Gasteiger partial charge in [0.2, 0.25) is 0 Å². The van der Waals surface area contributed by atoms with Gasteiger partial charge in [-0.15, -0.1) is 12.4 Å². The van der Waals surface area contributed by atoms with E-state index in [1.165, 1.54) is 18.9 Å². The SMILES string of the molecule is CC(c1ccc(F)c(Cl)c1)N1CCCC(CN)C1.Cl. The molecule has 2 atom stereocenters. The van der Waals surface area contributed by atoms with Gasteiger partial charge in [0.25, 0.3) is 0 Å². The molecule has 2 unspecified atom stereocenters. The molecule has 0 saturated carbocycles. The Morgan fingerprint density at radius 1 is 1.53 bits per heavy atom. The topological polar surface area (TPSA) is 29.3 Å². The molecule has 1 aromatic rings. The molecule has 0 bridgehead atoms. The van der Waals surface area contributed by atoms with Gasteiger partial charge < -0.3 is 5.73 Å². The maximum Gasteiger partial charge on any atom is 0.141 e. The Kier molecular flexibility index (Phi) is 6.54. The second kappa shape index (κ2) is 7.44. The predicted octanol–water partition coefficient (Wildman–Crippen LogP) is 3.63. The van der Waals surface area contributed by atoms with E-state index < -0.39 is 0 Å². The summed E-state index contributed by atoms with van der Waals surface area (Å²) in [6, 6.07) is 5.25. The number of benzene rings is 1. The van der Waals surface area contributed by atoms with Crippen molar-refractivity contribution < 1.29 is 4.39 Å². The van der Waals surface area contributed by atoms with Crippen molar-refractivity contribution >= 4 is 24.0 Å². The van der Waals surface area contributed by atoms with Crippen LogP contribution in [0.15, 0.2) is 18.2 Å². The molecule has 1 heterocycles. The molecule has 0 aliphatic carbocycles. The molecule has 0 amide bonds. The third-order valence-corrected chi connectivity index (χ3v) is 4.15. The standard InChI is InChI=1S/C14H20ClFN2.ClH/c1-10(12-4-5-14(16)13(15)7-12)18-6-2-3-11(8-17)9-18;/h4-5,7,10-11H,2-3,6,8-9,17H2,1H3;1H. The van der Waals surface area contributed by atoms with Crippen LogP contribution in [-0.4, -0.2) is 24.5 Å². The third-order valence-electron chi connectivity index (χ3n) is 3.86. The quantitative estimate of drug-likeness (QED) is 0.924. The second-order valence-corrected chi connectivity index (χ2v) is 5.50. The van der Waals surface area contributed by atoms with E-state index in [0.29, 0.717) is 5.92 Å². The molecule has 1 aliphatic heterocycles. The van der Waals surface area contributed by atoms with Gasteiger partial charge in [0, 0.05) is 12.6 Å². The van der Waals surface area contributed by atoms with Crippen LogP contribution in [0.1, 0.15) is 31.4 Å². The van der Waals surface area contributed by atoms with E-state index >= 15 is 0 Å². The Labute approximate surface area is 125 Å². The molecule has 0 spiro atoms. The number of nitrogens with zero attached hydrogens (tertiary/aromatic N) is 1. The number of halogens is 3. The summed E-state index contributed by atoms with van der Waals surface area (Å²) in [5.41, 5.74) is 6.82. The van der Waals surface area contributed by atoms with E-state index in [2.05, 4.69) is 11.8 Å². The summed E-state index contributed by atoms with van der Waals surface area (Å²) >= 11 is 5.84. The van der Waals surface area contributed by atoms with Crippen LogP contribution in [0.4, 0.5) is 4.39 Å². The molecule has 108 valence electrons. The summed E-state index contributed by atoms with van der Waals surface area (Å²) < 4.78 is 13.2. The van der Waals surface area contributed by atoms with Crippen LogP contribution in [0.3, 0.4) is 0 Å². The summed E-state index contributed by atoms with van der Waals surface area (Å²) in [5, 5.41) is 0.201. The molecule has 0 radical (unpaired) electrons. The first kappa shape index (κ1) is 16.7. The van der Waals surface area contributed by atoms with E-state index in [0.717, 1.165) is 25.2 Å². The molecule has 2 nitrogen and oxygen atoms in total. The van der Waals surface area contributed by atoms with Gasteiger partial charge >= 0.3 is 0 Å². The van der Waals surface area contributed by atoms with Crippen molar-refractivity contribution in [1.29, 1.82) is 0 Å². The highest BCUT2D eigenvalue weighted by Gasteiger charge is 2.23. The van der Waals surface area contributed by atoms with Crippen molar-refractivity contribution in [2.45, 2.75) is 25.8 Å². The van der Waals surface area contributed by atoms with Gasteiger partial charge in [-0.2, -0.15) is 0 Å². The zero-order chi connectivity index (χ0) is 13.1. The molecule has 1 aromatic carbocycles. The lowest BCUT2D eigenvalue weighted by atomic mass is 9.95. The lowest BCUT2D eigenvalue weighted by Crippen LogP contribution is -2.39. The lowest BCUT2D eigenvalue weighted by Gasteiger charge is -2.36. The zero-order valence-corrected chi connectivity index (χ0v) is 12.7. The van der Waals surface area contributed by atoms with Crippen LogP contribution >= 0.6 is 24.0 Å². The van der Waals surface area contributed by atoms with Crippen LogP contribution in [0.25, 0.3) is 0 Å². The lowest BCUT2D eigenvalue weighted by molar-refractivity contribution is 0.134. The van der Waals surface area contributed by atoms with Gasteiger partial charge in [-0.1, -0.05) is 17.7 Å². The first-order valence-electron chi connectivity index (χ1n) is 6.51. The summed E-state index contributed by atoms with van der Waals surface area (Å²) in [4.78, 5) is 2.41. The summed E-state index contributed by atoms with van der Waals surface area (Å²) in [7, 11) is 0. The molecule has 1 saturated heterocycles. The van der Waals surface area contributed by atoms with Gasteiger partial charge in [-0.05, 0) is 56.5 Å². The summed E-state index contributed by atoms with van der Waals surface area (Å²) in [5.74, 6) is 0.225. The van der Waals surface area contributed by atoms with Crippen molar-refractivity contribution in [3.63, 3.8) is 0 Å². The number of hydrogen-bond donors (Lipinski definition) is 1. The van der Waals surface area contributed by atoms with E-state index in [1.807, 2.05) is 6.07 Å². The maximum atomic E-state index is 13.2. The van der Waals surface area contributed by atoms with E-state index in [9.17, 15) is 4.39 Å².